The number of likely N-dealkylation sites (tertiary alicyclic amines) is 1. The molecule has 1 aromatic heterocycles. The molecule has 0 aliphatic carbocycles. The van der Waals surface area contributed by atoms with Crippen molar-refractivity contribution in [2.45, 2.75) is 38.6 Å². The number of carbonyl (C=O) groups excluding carboxylic acids is 3. The molecule has 2 fully saturated rings. The van der Waals surface area contributed by atoms with Crippen LogP contribution in [0.15, 0.2) is 71.5 Å². The molecule has 4 amide bonds. The predicted molar refractivity (Wildman–Crippen MR) is 152 cm³/mol. The van der Waals surface area contributed by atoms with Gasteiger partial charge in [-0.3, -0.25) is 19.7 Å². The van der Waals surface area contributed by atoms with Gasteiger partial charge in [0.1, 0.15) is 5.41 Å². The van der Waals surface area contributed by atoms with Gasteiger partial charge in [-0.15, -0.1) is 0 Å². The first-order valence-corrected chi connectivity index (χ1v) is 14.1. The van der Waals surface area contributed by atoms with Crippen molar-refractivity contribution in [2.75, 3.05) is 24.5 Å². The predicted octanol–water partition coefficient (Wildman–Crippen LogP) is 4.00. The van der Waals surface area contributed by atoms with Crippen LogP contribution in [0.4, 0.5) is 10.5 Å². The van der Waals surface area contributed by atoms with Gasteiger partial charge >= 0.3 is 6.03 Å². The number of imide groups is 2. The number of nitrogens with one attached hydrogen (secondary N) is 1. The van der Waals surface area contributed by atoms with E-state index in [9.17, 15) is 19.2 Å². The van der Waals surface area contributed by atoms with E-state index in [0.717, 1.165) is 34.6 Å². The van der Waals surface area contributed by atoms with Crippen molar-refractivity contribution in [3.05, 3.63) is 98.9 Å². The molecule has 2 bridgehead atoms. The fraction of sp³-hybridized carbons (Fsp3) is 0.355. The number of aryl methyl sites for hydroxylation is 1. The first-order valence-electron chi connectivity index (χ1n) is 13.7. The third-order valence-electron chi connectivity index (χ3n) is 8.54. The van der Waals surface area contributed by atoms with Crippen molar-refractivity contribution in [3.8, 4) is 0 Å². The molecular weight excluding hydrogens is 528 g/mol. The Morgan fingerprint density at radius 2 is 1.62 bits per heavy atom. The number of rotatable bonds is 6. The standard InChI is InChI=1S/C31H31ClN4O4/c1-2-20-8-12-25(13-9-20)36-29(39)31(28(38)33-30(36)40,15-21-6-10-24(32)11-7-21)19-34-16-22-14-23(18-34)26-4-3-5-27(37)35(26)17-22/h3-13,22-23H,2,14-19H2,1H3,(H,33,38,40). The second-order valence-electron chi connectivity index (χ2n) is 11.2. The molecule has 3 aliphatic rings. The average Bonchev–Trinajstić information content (AvgIpc) is 2.94. The fourth-order valence-electron chi connectivity index (χ4n) is 6.60. The Labute approximate surface area is 237 Å². The molecule has 3 atom stereocenters. The van der Waals surface area contributed by atoms with Gasteiger partial charge in [0.2, 0.25) is 5.91 Å². The topological polar surface area (TPSA) is 91.7 Å². The molecule has 2 saturated heterocycles. The number of carbonyl (C=O) groups is 3. The van der Waals surface area contributed by atoms with Crippen LogP contribution in [0.5, 0.6) is 0 Å². The van der Waals surface area contributed by atoms with Gasteiger partial charge in [-0.2, -0.15) is 0 Å². The largest absolute Gasteiger partial charge is 0.335 e. The Kier molecular flexibility index (Phi) is 6.84. The molecule has 1 N–H and O–H groups in total. The van der Waals surface area contributed by atoms with Crippen LogP contribution in [-0.2, 0) is 29.0 Å². The zero-order chi connectivity index (χ0) is 28.0. The van der Waals surface area contributed by atoms with Gasteiger partial charge in [-0.05, 0) is 66.6 Å². The minimum absolute atomic E-state index is 0.00457. The summed E-state index contributed by atoms with van der Waals surface area (Å²) >= 11 is 6.12. The molecule has 3 unspecified atom stereocenters. The number of benzene rings is 2. The van der Waals surface area contributed by atoms with E-state index >= 15 is 0 Å². The number of pyridine rings is 1. The van der Waals surface area contributed by atoms with Crippen LogP contribution in [0.2, 0.25) is 5.02 Å². The van der Waals surface area contributed by atoms with E-state index in [2.05, 4.69) is 10.2 Å². The number of hydrogen-bond acceptors (Lipinski definition) is 5. The average molecular weight is 559 g/mol. The maximum Gasteiger partial charge on any atom is 0.335 e. The van der Waals surface area contributed by atoms with Crippen LogP contribution in [0.25, 0.3) is 0 Å². The highest BCUT2D eigenvalue weighted by atomic mass is 35.5. The van der Waals surface area contributed by atoms with E-state index in [1.165, 1.54) is 0 Å². The Morgan fingerprint density at radius 1 is 0.900 bits per heavy atom. The van der Waals surface area contributed by atoms with Gasteiger partial charge in [-0.1, -0.05) is 48.9 Å². The summed E-state index contributed by atoms with van der Waals surface area (Å²) < 4.78 is 1.86. The Balaban J connectivity index is 1.37. The van der Waals surface area contributed by atoms with Crippen molar-refractivity contribution in [3.63, 3.8) is 0 Å². The SMILES string of the molecule is CCc1ccc(N2C(=O)NC(=O)C(Cc3ccc(Cl)cc3)(CN3CC4CC(C3)c3cccc(=O)n3C4)C2=O)cc1. The maximum absolute atomic E-state index is 14.4. The monoisotopic (exact) mass is 558 g/mol. The zero-order valence-electron chi connectivity index (χ0n) is 22.3. The lowest BCUT2D eigenvalue weighted by Crippen LogP contribution is -2.68. The molecule has 2 aromatic carbocycles. The summed E-state index contributed by atoms with van der Waals surface area (Å²) in [5, 5.41) is 3.06. The third kappa shape index (κ3) is 4.65. The molecule has 3 aromatic rings. The van der Waals surface area contributed by atoms with Crippen LogP contribution in [0.3, 0.4) is 0 Å². The van der Waals surface area contributed by atoms with Gasteiger partial charge in [0.05, 0.1) is 5.69 Å². The van der Waals surface area contributed by atoms with Gasteiger partial charge in [0.25, 0.3) is 11.5 Å². The third-order valence-corrected chi connectivity index (χ3v) is 8.79. The molecular formula is C31H31ClN4O4. The van der Waals surface area contributed by atoms with E-state index in [-0.39, 0.29) is 30.4 Å². The van der Waals surface area contributed by atoms with E-state index in [1.807, 2.05) is 41.8 Å². The van der Waals surface area contributed by atoms with Crippen molar-refractivity contribution in [1.29, 1.82) is 0 Å². The van der Waals surface area contributed by atoms with Crippen molar-refractivity contribution in [2.24, 2.45) is 11.3 Å². The number of anilines is 1. The Morgan fingerprint density at radius 3 is 2.35 bits per heavy atom. The van der Waals surface area contributed by atoms with E-state index < -0.39 is 23.3 Å². The molecule has 0 saturated carbocycles. The quantitative estimate of drug-likeness (QED) is 0.462. The zero-order valence-corrected chi connectivity index (χ0v) is 23.1. The summed E-state index contributed by atoms with van der Waals surface area (Å²) in [5.41, 5.74) is 1.75. The Bertz CT molecular complexity index is 1530. The van der Waals surface area contributed by atoms with Crippen LogP contribution in [0, 0.1) is 11.3 Å². The van der Waals surface area contributed by atoms with E-state index in [1.54, 1.807) is 36.4 Å². The lowest BCUT2D eigenvalue weighted by Gasteiger charge is -2.47. The minimum Gasteiger partial charge on any atom is -0.312 e. The van der Waals surface area contributed by atoms with E-state index in [4.69, 9.17) is 11.6 Å². The summed E-state index contributed by atoms with van der Waals surface area (Å²) in [7, 11) is 0. The number of amides is 4. The summed E-state index contributed by atoms with van der Waals surface area (Å²) in [6.45, 7) is 4.07. The number of halogens is 1. The first kappa shape index (κ1) is 26.5. The van der Waals surface area contributed by atoms with Gasteiger partial charge in [0.15, 0.2) is 0 Å². The summed E-state index contributed by atoms with van der Waals surface area (Å²) in [6.07, 6.45) is 1.90. The molecule has 0 radical (unpaired) electrons. The highest BCUT2D eigenvalue weighted by Crippen LogP contribution is 2.39. The molecule has 206 valence electrons. The van der Waals surface area contributed by atoms with Gasteiger partial charge in [0, 0.05) is 48.9 Å². The lowest BCUT2D eigenvalue weighted by molar-refractivity contribution is -0.144. The maximum atomic E-state index is 14.4. The molecule has 4 heterocycles. The second kappa shape index (κ2) is 10.3. The normalized spacial score (nSPS) is 24.6. The number of aromatic nitrogens is 1. The highest BCUT2D eigenvalue weighted by molar-refractivity contribution is 6.31. The van der Waals surface area contributed by atoms with Crippen molar-refractivity contribution < 1.29 is 14.4 Å². The molecule has 9 heteroatoms. The van der Waals surface area contributed by atoms with Crippen molar-refractivity contribution >= 4 is 35.1 Å². The Hall–Kier alpha value is -3.75. The van der Waals surface area contributed by atoms with E-state index in [0.29, 0.717) is 30.3 Å². The molecule has 0 spiro atoms. The molecule has 6 rings (SSSR count). The molecule has 3 aliphatic heterocycles. The van der Waals surface area contributed by atoms with Gasteiger partial charge < -0.3 is 9.47 Å². The molecule has 8 nitrogen and oxygen atoms in total. The van der Waals surface area contributed by atoms with Gasteiger partial charge in [-0.25, -0.2) is 9.69 Å². The second-order valence-corrected chi connectivity index (χ2v) is 11.6. The smallest absolute Gasteiger partial charge is 0.312 e. The first-order chi connectivity index (χ1) is 19.3. The number of barbiturate groups is 1. The van der Waals surface area contributed by atoms with Crippen LogP contribution >= 0.6 is 11.6 Å². The van der Waals surface area contributed by atoms with Crippen LogP contribution in [0.1, 0.15) is 36.1 Å². The van der Waals surface area contributed by atoms with Crippen molar-refractivity contribution in [1.82, 2.24) is 14.8 Å². The number of hydrogen-bond donors (Lipinski definition) is 1. The van der Waals surface area contributed by atoms with Crippen LogP contribution < -0.4 is 15.8 Å². The molecule has 40 heavy (non-hydrogen) atoms. The lowest BCUT2D eigenvalue weighted by atomic mass is 9.75. The number of nitrogens with zero attached hydrogens (tertiary/aromatic N) is 3. The summed E-state index contributed by atoms with van der Waals surface area (Å²) in [6, 6.07) is 19.0. The number of urea groups is 1. The minimum atomic E-state index is -1.53. The highest BCUT2D eigenvalue weighted by Gasteiger charge is 2.55. The number of fused-ring (bicyclic) bond motifs is 4. The summed E-state index contributed by atoms with van der Waals surface area (Å²) in [4.78, 5) is 57.0. The fourth-order valence-corrected chi connectivity index (χ4v) is 6.73. The number of piperidine rings is 1. The summed E-state index contributed by atoms with van der Waals surface area (Å²) in [5.74, 6) is -0.783. The van der Waals surface area contributed by atoms with Crippen LogP contribution in [-0.4, -0.2) is 46.9 Å².